The molecule has 1 rings (SSSR count). The molecule has 0 bridgehead atoms. The monoisotopic (exact) mass is 230 g/mol. The molecule has 0 radical (unpaired) electrons. The molecule has 0 aliphatic heterocycles. The fourth-order valence-electron chi connectivity index (χ4n) is 0.937. The molecule has 0 saturated heterocycles. The highest BCUT2D eigenvalue weighted by Gasteiger charge is 2.08. The van der Waals surface area contributed by atoms with Crippen molar-refractivity contribution in [2.24, 2.45) is 5.73 Å². The SMILES string of the molecule is COc1cc(Br)cnc1C(C)N. The lowest BCUT2D eigenvalue weighted by Crippen LogP contribution is -2.09. The molecule has 4 heteroatoms. The van der Waals surface area contributed by atoms with E-state index in [0.29, 0.717) is 0 Å². The van der Waals surface area contributed by atoms with E-state index in [9.17, 15) is 0 Å². The zero-order valence-corrected chi connectivity index (χ0v) is 8.63. The number of ether oxygens (including phenoxy) is 1. The van der Waals surface area contributed by atoms with Gasteiger partial charge in [-0.2, -0.15) is 0 Å². The van der Waals surface area contributed by atoms with E-state index >= 15 is 0 Å². The Bertz CT molecular complexity index is 276. The smallest absolute Gasteiger partial charge is 0.143 e. The first-order valence-corrected chi connectivity index (χ1v) is 4.39. The minimum atomic E-state index is -0.104. The van der Waals surface area contributed by atoms with Crippen molar-refractivity contribution in [1.29, 1.82) is 0 Å². The standard InChI is InChI=1S/C8H11BrN2O/c1-5(10)8-7(12-2)3-6(9)4-11-8/h3-5H,10H2,1-2H3. The second-order valence-electron chi connectivity index (χ2n) is 2.53. The lowest BCUT2D eigenvalue weighted by atomic mass is 10.2. The molecule has 0 amide bonds. The fourth-order valence-corrected chi connectivity index (χ4v) is 1.25. The van der Waals surface area contributed by atoms with Gasteiger partial charge in [0.15, 0.2) is 0 Å². The van der Waals surface area contributed by atoms with Crippen LogP contribution in [0.25, 0.3) is 0 Å². The van der Waals surface area contributed by atoms with Gasteiger partial charge in [0.25, 0.3) is 0 Å². The Kier molecular flexibility index (Phi) is 3.05. The van der Waals surface area contributed by atoms with Gasteiger partial charge in [-0.25, -0.2) is 0 Å². The molecule has 12 heavy (non-hydrogen) atoms. The molecule has 1 aromatic heterocycles. The molecule has 0 aromatic carbocycles. The third-order valence-electron chi connectivity index (χ3n) is 1.50. The summed E-state index contributed by atoms with van der Waals surface area (Å²) in [5.41, 5.74) is 6.46. The molecule has 0 saturated carbocycles. The van der Waals surface area contributed by atoms with Crippen molar-refractivity contribution in [2.45, 2.75) is 13.0 Å². The largest absolute Gasteiger partial charge is 0.495 e. The van der Waals surface area contributed by atoms with Crippen LogP contribution in [-0.4, -0.2) is 12.1 Å². The second kappa shape index (κ2) is 3.87. The van der Waals surface area contributed by atoms with E-state index < -0.39 is 0 Å². The Labute approximate surface area is 80.1 Å². The van der Waals surface area contributed by atoms with Gasteiger partial charge in [-0.1, -0.05) is 0 Å². The Balaban J connectivity index is 3.11. The quantitative estimate of drug-likeness (QED) is 0.845. The van der Waals surface area contributed by atoms with Gasteiger partial charge in [0.05, 0.1) is 12.8 Å². The summed E-state index contributed by atoms with van der Waals surface area (Å²) in [7, 11) is 1.61. The average Bonchev–Trinajstić information content (AvgIpc) is 2.03. The number of nitrogens with zero attached hydrogens (tertiary/aromatic N) is 1. The minimum Gasteiger partial charge on any atom is -0.495 e. The highest BCUT2D eigenvalue weighted by molar-refractivity contribution is 9.10. The zero-order chi connectivity index (χ0) is 9.14. The predicted molar refractivity (Wildman–Crippen MR) is 51.1 cm³/mol. The number of methoxy groups -OCH3 is 1. The number of pyridine rings is 1. The van der Waals surface area contributed by atoms with Crippen LogP contribution in [0.5, 0.6) is 5.75 Å². The van der Waals surface area contributed by atoms with Crippen molar-refractivity contribution in [3.63, 3.8) is 0 Å². The Hall–Kier alpha value is -0.610. The van der Waals surface area contributed by atoms with Crippen LogP contribution in [0.1, 0.15) is 18.7 Å². The number of halogens is 1. The van der Waals surface area contributed by atoms with Crippen molar-refractivity contribution in [3.8, 4) is 5.75 Å². The van der Waals surface area contributed by atoms with Crippen molar-refractivity contribution in [1.82, 2.24) is 4.98 Å². The highest BCUT2D eigenvalue weighted by atomic mass is 79.9. The van der Waals surface area contributed by atoms with Crippen molar-refractivity contribution in [3.05, 3.63) is 22.4 Å². The lowest BCUT2D eigenvalue weighted by Gasteiger charge is -2.09. The minimum absolute atomic E-state index is 0.104. The number of hydrogen-bond acceptors (Lipinski definition) is 3. The lowest BCUT2D eigenvalue weighted by molar-refractivity contribution is 0.403. The van der Waals surface area contributed by atoms with Crippen LogP contribution >= 0.6 is 15.9 Å². The Morgan fingerprint density at radius 3 is 2.83 bits per heavy atom. The van der Waals surface area contributed by atoms with Crippen LogP contribution in [0.2, 0.25) is 0 Å². The first kappa shape index (κ1) is 9.48. The van der Waals surface area contributed by atoms with E-state index in [-0.39, 0.29) is 6.04 Å². The molecule has 0 aliphatic rings. The molecule has 1 atom stereocenters. The van der Waals surface area contributed by atoms with Crippen molar-refractivity contribution in [2.75, 3.05) is 7.11 Å². The number of hydrogen-bond donors (Lipinski definition) is 1. The summed E-state index contributed by atoms with van der Waals surface area (Å²) < 4.78 is 6.01. The molecule has 0 aliphatic carbocycles. The van der Waals surface area contributed by atoms with E-state index in [4.69, 9.17) is 10.5 Å². The van der Waals surface area contributed by atoms with E-state index in [1.807, 2.05) is 13.0 Å². The molecule has 0 spiro atoms. The third-order valence-corrected chi connectivity index (χ3v) is 1.93. The van der Waals surface area contributed by atoms with Gasteiger partial charge in [-0.3, -0.25) is 4.98 Å². The van der Waals surface area contributed by atoms with E-state index in [1.54, 1.807) is 13.3 Å². The van der Waals surface area contributed by atoms with Gasteiger partial charge in [0.2, 0.25) is 0 Å². The molecule has 0 fully saturated rings. The maximum absolute atomic E-state index is 5.68. The molecular formula is C8H11BrN2O. The third kappa shape index (κ3) is 1.95. The van der Waals surface area contributed by atoms with Crippen LogP contribution in [0, 0.1) is 0 Å². The zero-order valence-electron chi connectivity index (χ0n) is 7.04. The van der Waals surface area contributed by atoms with Gasteiger partial charge < -0.3 is 10.5 Å². The number of rotatable bonds is 2. The molecule has 1 unspecified atom stereocenters. The molecule has 3 nitrogen and oxygen atoms in total. The molecule has 2 N–H and O–H groups in total. The second-order valence-corrected chi connectivity index (χ2v) is 3.45. The van der Waals surface area contributed by atoms with Gasteiger partial charge in [0.1, 0.15) is 5.75 Å². The summed E-state index contributed by atoms with van der Waals surface area (Å²) in [5.74, 6) is 0.722. The molecular weight excluding hydrogens is 220 g/mol. The predicted octanol–water partition coefficient (Wildman–Crippen LogP) is 1.87. The van der Waals surface area contributed by atoms with Gasteiger partial charge >= 0.3 is 0 Å². The first-order valence-electron chi connectivity index (χ1n) is 3.60. The van der Waals surface area contributed by atoms with E-state index in [0.717, 1.165) is 15.9 Å². The highest BCUT2D eigenvalue weighted by Crippen LogP contribution is 2.24. The normalized spacial score (nSPS) is 12.7. The van der Waals surface area contributed by atoms with Gasteiger partial charge in [-0.05, 0) is 28.9 Å². The maximum Gasteiger partial charge on any atom is 0.143 e. The van der Waals surface area contributed by atoms with Crippen LogP contribution in [0.15, 0.2) is 16.7 Å². The number of aromatic nitrogens is 1. The first-order chi connectivity index (χ1) is 5.65. The average molecular weight is 231 g/mol. The summed E-state index contributed by atoms with van der Waals surface area (Å²) >= 11 is 3.30. The topological polar surface area (TPSA) is 48.1 Å². The Morgan fingerprint density at radius 1 is 1.67 bits per heavy atom. The van der Waals surface area contributed by atoms with Gasteiger partial charge in [0, 0.05) is 16.7 Å². The van der Waals surface area contributed by atoms with E-state index in [1.165, 1.54) is 0 Å². The molecule has 1 aromatic rings. The van der Waals surface area contributed by atoms with E-state index in [2.05, 4.69) is 20.9 Å². The molecule has 1 heterocycles. The summed E-state index contributed by atoms with van der Waals surface area (Å²) in [6, 6.07) is 1.75. The summed E-state index contributed by atoms with van der Waals surface area (Å²) in [5, 5.41) is 0. The summed E-state index contributed by atoms with van der Waals surface area (Å²) in [6.45, 7) is 1.87. The van der Waals surface area contributed by atoms with Gasteiger partial charge in [-0.15, -0.1) is 0 Å². The summed E-state index contributed by atoms with van der Waals surface area (Å²) in [6.07, 6.45) is 1.71. The fraction of sp³-hybridized carbons (Fsp3) is 0.375. The number of nitrogens with two attached hydrogens (primary N) is 1. The van der Waals surface area contributed by atoms with Crippen LogP contribution in [0.4, 0.5) is 0 Å². The Morgan fingerprint density at radius 2 is 2.33 bits per heavy atom. The molecule has 66 valence electrons. The van der Waals surface area contributed by atoms with Crippen molar-refractivity contribution < 1.29 is 4.74 Å². The van der Waals surface area contributed by atoms with Crippen molar-refractivity contribution >= 4 is 15.9 Å². The summed E-state index contributed by atoms with van der Waals surface area (Å²) in [4.78, 5) is 4.15. The van der Waals surface area contributed by atoms with Crippen LogP contribution in [0.3, 0.4) is 0 Å². The maximum atomic E-state index is 5.68. The van der Waals surface area contributed by atoms with Crippen LogP contribution < -0.4 is 10.5 Å². The van der Waals surface area contributed by atoms with Crippen LogP contribution in [-0.2, 0) is 0 Å².